The van der Waals surface area contributed by atoms with Crippen LogP contribution in [0.1, 0.15) is 68.6 Å². The van der Waals surface area contributed by atoms with E-state index in [0.717, 1.165) is 76.6 Å². The lowest BCUT2D eigenvalue weighted by Crippen LogP contribution is -2.49. The Bertz CT molecular complexity index is 905. The van der Waals surface area contributed by atoms with Gasteiger partial charge in [0.1, 0.15) is 11.4 Å². The van der Waals surface area contributed by atoms with Crippen molar-refractivity contribution in [1.29, 1.82) is 0 Å². The molecule has 1 spiro atoms. The molecular formula is C25H34F2N2O5. The Morgan fingerprint density at radius 2 is 1.85 bits per heavy atom. The van der Waals surface area contributed by atoms with Crippen molar-refractivity contribution in [3.8, 4) is 5.75 Å². The fourth-order valence-corrected chi connectivity index (χ4v) is 5.13. The Hall–Kier alpha value is -2.42. The van der Waals surface area contributed by atoms with E-state index in [1.807, 2.05) is 11.8 Å². The van der Waals surface area contributed by atoms with Gasteiger partial charge >= 0.3 is 6.09 Å². The summed E-state index contributed by atoms with van der Waals surface area (Å²) in [6.45, 7) is 3.44. The van der Waals surface area contributed by atoms with Crippen LogP contribution in [-0.2, 0) is 4.74 Å². The van der Waals surface area contributed by atoms with Crippen molar-refractivity contribution in [2.75, 3.05) is 32.8 Å². The van der Waals surface area contributed by atoms with Crippen molar-refractivity contribution in [1.82, 2.24) is 10.2 Å². The highest BCUT2D eigenvalue weighted by Crippen LogP contribution is 2.54. The highest BCUT2D eigenvalue weighted by molar-refractivity contribution is 5.94. The maximum absolute atomic E-state index is 14.2. The summed E-state index contributed by atoms with van der Waals surface area (Å²) in [7, 11) is 0. The maximum Gasteiger partial charge on any atom is 0.410 e. The fourth-order valence-electron chi connectivity index (χ4n) is 5.13. The van der Waals surface area contributed by atoms with Crippen LogP contribution in [0.2, 0.25) is 0 Å². The van der Waals surface area contributed by atoms with Crippen molar-refractivity contribution >= 4 is 12.0 Å². The first-order valence-corrected chi connectivity index (χ1v) is 12.2. The number of carbonyl (C=O) groups excluding carboxylic acids is 2. The Kier molecular flexibility index (Phi) is 7.31. The van der Waals surface area contributed by atoms with E-state index in [-0.39, 0.29) is 37.2 Å². The van der Waals surface area contributed by atoms with E-state index in [2.05, 4.69) is 5.32 Å². The number of halogens is 2. The third-order valence-corrected chi connectivity index (χ3v) is 7.49. The smallest absolute Gasteiger partial charge is 0.410 e. The number of nitrogens with zero attached hydrogens (tertiary/aromatic N) is 1. The van der Waals surface area contributed by atoms with Gasteiger partial charge in [-0.1, -0.05) is 0 Å². The number of nitrogens with one attached hydrogen (secondary N) is 1. The molecule has 9 heteroatoms. The van der Waals surface area contributed by atoms with E-state index >= 15 is 0 Å². The third kappa shape index (κ3) is 5.79. The number of hydrogen-bond acceptors (Lipinski definition) is 5. The zero-order valence-corrected chi connectivity index (χ0v) is 19.7. The van der Waals surface area contributed by atoms with Crippen LogP contribution in [-0.4, -0.2) is 60.5 Å². The van der Waals surface area contributed by atoms with Crippen LogP contribution in [0, 0.1) is 23.0 Å². The normalized spacial score (nSPS) is 20.5. The first-order chi connectivity index (χ1) is 16.2. The summed E-state index contributed by atoms with van der Waals surface area (Å²) >= 11 is 0. The molecule has 0 unspecified atom stereocenters. The number of hydrogen-bond donors (Lipinski definition) is 2. The quantitative estimate of drug-likeness (QED) is 0.521. The van der Waals surface area contributed by atoms with E-state index in [1.165, 1.54) is 0 Å². The SMILES string of the molecule is CC1(OC(=O)N2CCC3(CC2)CC(CCCOc2cc(F)c(C(=O)NCCO)cc2F)C3)CC1. The van der Waals surface area contributed by atoms with E-state index < -0.39 is 23.1 Å². The standard InChI is InChI=1S/C25H34F2N2O5/c1-24(4-5-24)34-23(32)29-9-6-25(7-10-29)15-17(16-25)3-2-12-33-21-14-19(26)18(13-20(21)27)22(31)28-8-11-30/h13-14,17,30H,2-12,15-16H2,1H3,(H,28,31). The lowest BCUT2D eigenvalue weighted by Gasteiger charge is -2.52. The number of piperidine rings is 1. The lowest BCUT2D eigenvalue weighted by atomic mass is 9.56. The molecule has 2 amide bonds. The average Bonchev–Trinajstić information content (AvgIpc) is 3.52. The van der Waals surface area contributed by atoms with Crippen LogP contribution in [0.3, 0.4) is 0 Å². The van der Waals surface area contributed by atoms with E-state index in [0.29, 0.717) is 11.3 Å². The fraction of sp³-hybridized carbons (Fsp3) is 0.680. The highest BCUT2D eigenvalue weighted by Gasteiger charge is 2.47. The van der Waals surface area contributed by atoms with E-state index in [1.54, 1.807) is 0 Å². The molecule has 1 aliphatic heterocycles. The molecule has 2 N–H and O–H groups in total. The molecule has 2 saturated carbocycles. The van der Waals surface area contributed by atoms with Crippen LogP contribution in [0.25, 0.3) is 0 Å². The van der Waals surface area contributed by atoms with Crippen LogP contribution in [0.4, 0.5) is 13.6 Å². The van der Waals surface area contributed by atoms with Crippen LogP contribution in [0.15, 0.2) is 12.1 Å². The Morgan fingerprint density at radius 3 is 2.50 bits per heavy atom. The molecule has 188 valence electrons. The monoisotopic (exact) mass is 480 g/mol. The number of likely N-dealkylation sites (tertiary alicyclic amines) is 1. The Balaban J connectivity index is 1.14. The van der Waals surface area contributed by atoms with Gasteiger partial charge in [0.25, 0.3) is 5.91 Å². The second-order valence-corrected chi connectivity index (χ2v) is 10.3. The number of carbonyl (C=O) groups is 2. The molecule has 0 radical (unpaired) electrons. The summed E-state index contributed by atoms with van der Waals surface area (Å²) in [6, 6.07) is 1.71. The Morgan fingerprint density at radius 1 is 1.15 bits per heavy atom. The molecule has 0 aromatic heterocycles. The topological polar surface area (TPSA) is 88.1 Å². The molecule has 1 aromatic carbocycles. The van der Waals surface area contributed by atoms with Crippen molar-refractivity contribution in [2.45, 2.75) is 63.9 Å². The summed E-state index contributed by atoms with van der Waals surface area (Å²) < 4.78 is 39.4. The van der Waals surface area contributed by atoms with Gasteiger partial charge in [0.2, 0.25) is 0 Å². The van der Waals surface area contributed by atoms with Gasteiger partial charge in [0, 0.05) is 25.7 Å². The molecule has 3 aliphatic rings. The minimum atomic E-state index is -0.866. The molecule has 0 atom stereocenters. The van der Waals surface area contributed by atoms with Crippen molar-refractivity contribution in [3.63, 3.8) is 0 Å². The zero-order valence-electron chi connectivity index (χ0n) is 19.7. The highest BCUT2D eigenvalue weighted by atomic mass is 19.1. The molecule has 0 bridgehead atoms. The van der Waals surface area contributed by atoms with Crippen molar-refractivity contribution < 1.29 is 33.0 Å². The second-order valence-electron chi connectivity index (χ2n) is 10.3. The third-order valence-electron chi connectivity index (χ3n) is 7.49. The van der Waals surface area contributed by atoms with Gasteiger partial charge in [0.15, 0.2) is 11.6 Å². The van der Waals surface area contributed by atoms with Gasteiger partial charge in [-0.2, -0.15) is 0 Å². The summed E-state index contributed by atoms with van der Waals surface area (Å²) in [5.74, 6) is -2.06. The molecule has 1 heterocycles. The lowest BCUT2D eigenvalue weighted by molar-refractivity contribution is -0.0231. The van der Waals surface area contributed by atoms with Crippen molar-refractivity contribution in [2.24, 2.45) is 11.3 Å². The van der Waals surface area contributed by atoms with Gasteiger partial charge in [-0.25, -0.2) is 13.6 Å². The Labute approximate surface area is 198 Å². The van der Waals surface area contributed by atoms with Gasteiger partial charge in [-0.15, -0.1) is 0 Å². The second kappa shape index (κ2) is 10.1. The first kappa shape index (κ1) is 24.7. The number of benzene rings is 1. The number of ether oxygens (including phenoxy) is 2. The summed E-state index contributed by atoms with van der Waals surface area (Å²) in [4.78, 5) is 25.9. The minimum absolute atomic E-state index is 0.0368. The predicted octanol–water partition coefficient (Wildman–Crippen LogP) is 4.03. The number of aliphatic hydroxyl groups is 1. The molecule has 1 saturated heterocycles. The molecule has 34 heavy (non-hydrogen) atoms. The summed E-state index contributed by atoms with van der Waals surface area (Å²) in [5.41, 5.74) is -0.325. The molecular weight excluding hydrogens is 446 g/mol. The van der Waals surface area contributed by atoms with E-state index in [4.69, 9.17) is 14.6 Å². The molecule has 7 nitrogen and oxygen atoms in total. The summed E-state index contributed by atoms with van der Waals surface area (Å²) in [6.07, 6.45) is 7.71. The zero-order chi connectivity index (χ0) is 24.3. The van der Waals surface area contributed by atoms with Gasteiger partial charge in [-0.05, 0) is 75.7 Å². The minimum Gasteiger partial charge on any atom is -0.490 e. The van der Waals surface area contributed by atoms with E-state index in [9.17, 15) is 18.4 Å². The molecule has 1 aromatic rings. The first-order valence-electron chi connectivity index (χ1n) is 12.2. The number of amides is 2. The number of aliphatic hydroxyl groups excluding tert-OH is 1. The van der Waals surface area contributed by atoms with Gasteiger partial charge in [0.05, 0.1) is 18.8 Å². The van der Waals surface area contributed by atoms with Gasteiger partial charge in [-0.3, -0.25) is 4.79 Å². The molecule has 2 aliphatic carbocycles. The van der Waals surface area contributed by atoms with Crippen LogP contribution >= 0.6 is 0 Å². The van der Waals surface area contributed by atoms with Crippen LogP contribution < -0.4 is 10.1 Å². The summed E-state index contributed by atoms with van der Waals surface area (Å²) in [5, 5.41) is 11.0. The predicted molar refractivity (Wildman–Crippen MR) is 121 cm³/mol. The van der Waals surface area contributed by atoms with Crippen molar-refractivity contribution in [3.05, 3.63) is 29.3 Å². The molecule has 4 rings (SSSR count). The van der Waals surface area contributed by atoms with Gasteiger partial charge < -0.3 is 24.8 Å². The van der Waals surface area contributed by atoms with Crippen LogP contribution in [0.5, 0.6) is 5.75 Å². The number of rotatable bonds is 9. The maximum atomic E-state index is 14.2. The average molecular weight is 481 g/mol. The largest absolute Gasteiger partial charge is 0.490 e. The molecule has 3 fully saturated rings.